The lowest BCUT2D eigenvalue weighted by molar-refractivity contribution is -0.134. The lowest BCUT2D eigenvalue weighted by atomic mass is 10.1. The number of para-hydroxylation sites is 1. The summed E-state index contributed by atoms with van der Waals surface area (Å²) in [4.78, 5) is 22.6. The highest BCUT2D eigenvalue weighted by Gasteiger charge is 2.25. The topological polar surface area (TPSA) is 60.2 Å². The summed E-state index contributed by atoms with van der Waals surface area (Å²) in [6.45, 7) is 1.73. The van der Waals surface area contributed by atoms with Gasteiger partial charge in [-0.25, -0.2) is 9.97 Å². The third-order valence-corrected chi connectivity index (χ3v) is 4.56. The van der Waals surface area contributed by atoms with Crippen molar-refractivity contribution in [3.63, 3.8) is 0 Å². The average Bonchev–Trinajstić information content (AvgIpc) is 3.06. The maximum absolute atomic E-state index is 12.7. The van der Waals surface area contributed by atoms with Crippen LogP contribution in [0.2, 0.25) is 0 Å². The number of fused-ring (bicyclic) bond motifs is 1. The predicted molar refractivity (Wildman–Crippen MR) is 94.2 cm³/mol. The highest BCUT2D eigenvalue weighted by Crippen LogP contribution is 2.18. The summed E-state index contributed by atoms with van der Waals surface area (Å²) in [6, 6.07) is 11.9. The Hall–Kier alpha value is -2.89. The van der Waals surface area contributed by atoms with Crippen LogP contribution in [-0.2, 0) is 11.3 Å². The molecule has 3 aromatic rings. The van der Waals surface area contributed by atoms with Crippen LogP contribution in [-0.4, -0.2) is 44.5 Å². The summed E-state index contributed by atoms with van der Waals surface area (Å²) >= 11 is 0. The molecule has 1 fully saturated rings. The molecule has 2 aromatic heterocycles. The van der Waals surface area contributed by atoms with Crippen molar-refractivity contribution in [3.8, 4) is 5.88 Å². The van der Waals surface area contributed by atoms with Crippen LogP contribution in [0.15, 0.2) is 55.1 Å². The number of carbonyl (C=O) groups excluding carboxylic acids is 1. The first kappa shape index (κ1) is 15.6. The molecule has 0 N–H and O–H groups in total. The molecule has 1 aliphatic rings. The van der Waals surface area contributed by atoms with Crippen molar-refractivity contribution < 1.29 is 9.53 Å². The van der Waals surface area contributed by atoms with Gasteiger partial charge in [-0.2, -0.15) is 0 Å². The van der Waals surface area contributed by atoms with Crippen molar-refractivity contribution >= 4 is 16.8 Å². The zero-order valence-electron chi connectivity index (χ0n) is 13.9. The average molecular weight is 336 g/mol. The molecule has 4 rings (SSSR count). The molecule has 1 amide bonds. The van der Waals surface area contributed by atoms with Gasteiger partial charge in [-0.3, -0.25) is 4.79 Å². The summed E-state index contributed by atoms with van der Waals surface area (Å²) < 4.78 is 7.90. The molecule has 6 nitrogen and oxygen atoms in total. The summed E-state index contributed by atoms with van der Waals surface area (Å²) in [5, 5.41) is 1.15. The van der Waals surface area contributed by atoms with E-state index in [0.29, 0.717) is 19.0 Å². The van der Waals surface area contributed by atoms with Crippen molar-refractivity contribution in [2.45, 2.75) is 25.5 Å². The van der Waals surface area contributed by atoms with Gasteiger partial charge in [0.25, 0.3) is 0 Å². The molecule has 0 radical (unpaired) electrons. The maximum Gasteiger partial charge on any atom is 0.242 e. The van der Waals surface area contributed by atoms with E-state index in [2.05, 4.69) is 16.0 Å². The number of aromatic nitrogens is 3. The van der Waals surface area contributed by atoms with Gasteiger partial charge in [0, 0.05) is 30.5 Å². The number of benzene rings is 1. The molecule has 0 bridgehead atoms. The third kappa shape index (κ3) is 3.47. The lowest BCUT2D eigenvalue weighted by Crippen LogP contribution is -2.45. The second-order valence-electron chi connectivity index (χ2n) is 6.27. The molecule has 3 heterocycles. The number of likely N-dealkylation sites (tertiary alicyclic amines) is 1. The number of nitrogens with zero attached hydrogens (tertiary/aromatic N) is 4. The standard InChI is InChI=1S/C19H20N4O2/c24-19(13-22-11-8-15-4-1-2-6-17(15)22)23-10-3-5-16(12-23)25-18-7-9-20-14-21-18/h1-2,4,6-9,11,14,16H,3,5,10,12-13H2. The molecule has 1 unspecified atom stereocenters. The second kappa shape index (κ2) is 6.93. The zero-order chi connectivity index (χ0) is 17.1. The molecule has 1 atom stereocenters. The van der Waals surface area contributed by atoms with Crippen molar-refractivity contribution in [1.29, 1.82) is 0 Å². The number of amides is 1. The Labute approximate surface area is 146 Å². The van der Waals surface area contributed by atoms with Crippen LogP contribution in [0.5, 0.6) is 5.88 Å². The largest absolute Gasteiger partial charge is 0.472 e. The maximum atomic E-state index is 12.7. The van der Waals surface area contributed by atoms with E-state index in [-0.39, 0.29) is 12.0 Å². The smallest absolute Gasteiger partial charge is 0.242 e. The van der Waals surface area contributed by atoms with Crippen molar-refractivity contribution in [1.82, 2.24) is 19.4 Å². The number of hydrogen-bond acceptors (Lipinski definition) is 4. The molecule has 25 heavy (non-hydrogen) atoms. The Morgan fingerprint density at radius 3 is 3.04 bits per heavy atom. The first-order valence-corrected chi connectivity index (χ1v) is 8.54. The van der Waals surface area contributed by atoms with E-state index < -0.39 is 0 Å². The molecular formula is C19H20N4O2. The Morgan fingerprint density at radius 2 is 2.16 bits per heavy atom. The van der Waals surface area contributed by atoms with E-state index in [1.165, 1.54) is 6.33 Å². The molecule has 6 heteroatoms. The van der Waals surface area contributed by atoms with Gasteiger partial charge in [0.1, 0.15) is 19.0 Å². The van der Waals surface area contributed by atoms with Gasteiger partial charge in [-0.1, -0.05) is 18.2 Å². The molecule has 1 aromatic carbocycles. The van der Waals surface area contributed by atoms with Crippen LogP contribution >= 0.6 is 0 Å². The molecule has 128 valence electrons. The Balaban J connectivity index is 1.41. The fourth-order valence-corrected chi connectivity index (χ4v) is 3.30. The molecular weight excluding hydrogens is 316 g/mol. The van der Waals surface area contributed by atoms with Crippen molar-refractivity contribution in [3.05, 3.63) is 55.1 Å². The van der Waals surface area contributed by atoms with E-state index in [4.69, 9.17) is 4.74 Å². The SMILES string of the molecule is O=C(Cn1ccc2ccccc21)N1CCCC(Oc2ccncn2)C1. The van der Waals surface area contributed by atoms with Gasteiger partial charge in [0.05, 0.1) is 6.54 Å². The zero-order valence-corrected chi connectivity index (χ0v) is 13.9. The highest BCUT2D eigenvalue weighted by atomic mass is 16.5. The minimum Gasteiger partial charge on any atom is -0.472 e. The minimum absolute atomic E-state index is 0.0194. The number of carbonyl (C=O) groups is 1. The van der Waals surface area contributed by atoms with E-state index in [0.717, 1.165) is 30.3 Å². The summed E-state index contributed by atoms with van der Waals surface area (Å²) in [7, 11) is 0. The van der Waals surface area contributed by atoms with Crippen molar-refractivity contribution in [2.24, 2.45) is 0 Å². The fourth-order valence-electron chi connectivity index (χ4n) is 3.30. The van der Waals surface area contributed by atoms with Crippen LogP contribution in [0.4, 0.5) is 0 Å². The van der Waals surface area contributed by atoms with Crippen LogP contribution in [0.1, 0.15) is 12.8 Å². The number of hydrogen-bond donors (Lipinski definition) is 0. The van der Waals surface area contributed by atoms with Gasteiger partial charge in [-0.15, -0.1) is 0 Å². The number of piperidine rings is 1. The van der Waals surface area contributed by atoms with Gasteiger partial charge >= 0.3 is 0 Å². The van der Waals surface area contributed by atoms with Crippen LogP contribution in [0, 0.1) is 0 Å². The number of ether oxygens (including phenoxy) is 1. The van der Waals surface area contributed by atoms with E-state index >= 15 is 0 Å². The molecule has 0 spiro atoms. The van der Waals surface area contributed by atoms with Crippen molar-refractivity contribution in [2.75, 3.05) is 13.1 Å². The van der Waals surface area contributed by atoms with Gasteiger partial charge < -0.3 is 14.2 Å². The molecule has 0 saturated carbocycles. The molecule has 0 aliphatic carbocycles. The Kier molecular flexibility index (Phi) is 4.33. The highest BCUT2D eigenvalue weighted by molar-refractivity contribution is 5.83. The Bertz CT molecular complexity index is 862. The van der Waals surface area contributed by atoms with Crippen LogP contribution < -0.4 is 4.74 Å². The summed E-state index contributed by atoms with van der Waals surface area (Å²) in [5.74, 6) is 0.683. The quantitative estimate of drug-likeness (QED) is 0.734. The second-order valence-corrected chi connectivity index (χ2v) is 6.27. The predicted octanol–water partition coefficient (Wildman–Crippen LogP) is 2.50. The molecule has 1 aliphatic heterocycles. The third-order valence-electron chi connectivity index (χ3n) is 4.56. The first-order chi connectivity index (χ1) is 12.3. The van der Waals surface area contributed by atoms with Gasteiger partial charge in [0.15, 0.2) is 0 Å². The molecule has 1 saturated heterocycles. The Morgan fingerprint density at radius 1 is 1.24 bits per heavy atom. The minimum atomic E-state index is -0.0194. The first-order valence-electron chi connectivity index (χ1n) is 8.54. The van der Waals surface area contributed by atoms with E-state index in [1.54, 1.807) is 12.3 Å². The van der Waals surface area contributed by atoms with Gasteiger partial charge in [0.2, 0.25) is 11.8 Å². The normalized spacial score (nSPS) is 17.6. The monoisotopic (exact) mass is 336 g/mol. The van der Waals surface area contributed by atoms with Crippen LogP contribution in [0.3, 0.4) is 0 Å². The van der Waals surface area contributed by atoms with E-state index in [1.807, 2.05) is 39.9 Å². The van der Waals surface area contributed by atoms with Crippen LogP contribution in [0.25, 0.3) is 10.9 Å². The number of rotatable bonds is 4. The summed E-state index contributed by atoms with van der Waals surface area (Å²) in [6.07, 6.45) is 6.95. The van der Waals surface area contributed by atoms with E-state index in [9.17, 15) is 4.79 Å². The summed E-state index contributed by atoms with van der Waals surface area (Å²) in [5.41, 5.74) is 1.08. The lowest BCUT2D eigenvalue weighted by Gasteiger charge is -2.32. The fraction of sp³-hybridized carbons (Fsp3) is 0.316. The van der Waals surface area contributed by atoms with Gasteiger partial charge in [-0.05, 0) is 30.4 Å².